The molecule has 0 saturated carbocycles. The van der Waals surface area contributed by atoms with Crippen molar-refractivity contribution in [3.8, 4) is 0 Å². The second kappa shape index (κ2) is 4.72. The average Bonchev–Trinajstić information content (AvgIpc) is 2.67. The molecule has 18 heavy (non-hydrogen) atoms. The van der Waals surface area contributed by atoms with Crippen molar-refractivity contribution in [2.45, 2.75) is 23.5 Å². The number of allylic oxidation sites excluding steroid dienone is 1. The van der Waals surface area contributed by atoms with Gasteiger partial charge in [-0.05, 0) is 23.6 Å². The van der Waals surface area contributed by atoms with Crippen molar-refractivity contribution in [3.05, 3.63) is 34.7 Å². The van der Waals surface area contributed by atoms with Crippen molar-refractivity contribution in [2.75, 3.05) is 0 Å². The number of amides is 1. The van der Waals surface area contributed by atoms with Gasteiger partial charge in [-0.15, -0.1) is 11.8 Å². The SMILES string of the molecule is CC1C/C(=C2/SC(=S)NC2=O)c2ccccc2S1. The number of hydrogen-bond acceptors (Lipinski definition) is 4. The van der Waals surface area contributed by atoms with Gasteiger partial charge in [0.1, 0.15) is 4.32 Å². The van der Waals surface area contributed by atoms with E-state index >= 15 is 0 Å². The summed E-state index contributed by atoms with van der Waals surface area (Å²) in [6.07, 6.45) is 0.917. The second-order valence-corrected chi connectivity index (χ2v) is 7.45. The molecule has 1 unspecified atom stereocenters. The summed E-state index contributed by atoms with van der Waals surface area (Å²) in [7, 11) is 0. The van der Waals surface area contributed by atoms with Crippen LogP contribution in [0.1, 0.15) is 18.9 Å². The lowest BCUT2D eigenvalue weighted by atomic mass is 9.99. The molecular formula is C13H11NOS3. The molecule has 5 heteroatoms. The largest absolute Gasteiger partial charge is 0.307 e. The third-order valence-corrected chi connectivity index (χ3v) is 5.38. The number of carbonyl (C=O) groups excluding carboxylic acids is 1. The highest BCUT2D eigenvalue weighted by molar-refractivity contribution is 8.26. The molecule has 1 saturated heterocycles. The van der Waals surface area contributed by atoms with Crippen LogP contribution >= 0.6 is 35.7 Å². The van der Waals surface area contributed by atoms with Gasteiger partial charge in [0.15, 0.2) is 0 Å². The average molecular weight is 293 g/mol. The molecule has 92 valence electrons. The normalized spacial score (nSPS) is 27.1. The van der Waals surface area contributed by atoms with Gasteiger partial charge < -0.3 is 5.32 Å². The molecule has 0 radical (unpaired) electrons. The number of hydrogen-bond donors (Lipinski definition) is 1. The summed E-state index contributed by atoms with van der Waals surface area (Å²) in [4.78, 5) is 13.9. The van der Waals surface area contributed by atoms with Crippen LogP contribution in [0.15, 0.2) is 34.1 Å². The minimum atomic E-state index is -0.0473. The van der Waals surface area contributed by atoms with Gasteiger partial charge >= 0.3 is 0 Å². The van der Waals surface area contributed by atoms with Gasteiger partial charge in [-0.25, -0.2) is 0 Å². The van der Waals surface area contributed by atoms with Gasteiger partial charge in [0, 0.05) is 10.1 Å². The fraction of sp³-hybridized carbons (Fsp3) is 0.231. The lowest BCUT2D eigenvalue weighted by Gasteiger charge is -2.24. The van der Waals surface area contributed by atoms with Gasteiger partial charge in [-0.3, -0.25) is 4.79 Å². The minimum absolute atomic E-state index is 0.0473. The van der Waals surface area contributed by atoms with Crippen LogP contribution in [0.5, 0.6) is 0 Å². The van der Waals surface area contributed by atoms with Gasteiger partial charge in [-0.1, -0.05) is 49.1 Å². The van der Waals surface area contributed by atoms with Crippen molar-refractivity contribution >= 4 is 51.5 Å². The third kappa shape index (κ3) is 2.11. The van der Waals surface area contributed by atoms with Crippen molar-refractivity contribution in [1.82, 2.24) is 5.32 Å². The zero-order valence-corrected chi connectivity index (χ0v) is 12.2. The molecule has 0 spiro atoms. The standard InChI is InChI=1S/C13H11NOS3/c1-7-6-9(11-12(15)14-13(16)18-11)8-4-2-3-5-10(8)17-7/h2-5,7H,6H2,1H3,(H,14,15,16)/b11-9-. The smallest absolute Gasteiger partial charge is 0.263 e. The van der Waals surface area contributed by atoms with E-state index in [0.717, 1.165) is 16.9 Å². The summed E-state index contributed by atoms with van der Waals surface area (Å²) in [5.74, 6) is -0.0473. The molecule has 0 bridgehead atoms. The summed E-state index contributed by atoms with van der Waals surface area (Å²) in [6, 6.07) is 8.27. The summed E-state index contributed by atoms with van der Waals surface area (Å²) in [5, 5.41) is 3.19. The number of nitrogens with one attached hydrogen (secondary N) is 1. The fourth-order valence-corrected chi connectivity index (χ4v) is 4.49. The van der Waals surface area contributed by atoms with E-state index < -0.39 is 0 Å². The summed E-state index contributed by atoms with van der Waals surface area (Å²) >= 11 is 8.32. The Hall–Kier alpha value is -0.780. The van der Waals surface area contributed by atoms with Gasteiger partial charge in [0.2, 0.25) is 0 Å². The highest BCUT2D eigenvalue weighted by atomic mass is 32.2. The van der Waals surface area contributed by atoms with Crippen LogP contribution in [0.3, 0.4) is 0 Å². The first-order chi connectivity index (χ1) is 8.65. The molecule has 1 aromatic rings. The molecule has 1 aromatic carbocycles. The predicted octanol–water partition coefficient (Wildman–Crippen LogP) is 3.43. The molecule has 0 aliphatic carbocycles. The van der Waals surface area contributed by atoms with Gasteiger partial charge in [0.25, 0.3) is 5.91 Å². The summed E-state index contributed by atoms with van der Waals surface area (Å²) in [5.41, 5.74) is 2.32. The lowest BCUT2D eigenvalue weighted by Crippen LogP contribution is -2.19. The first-order valence-electron chi connectivity index (χ1n) is 5.67. The molecule has 1 atom stereocenters. The van der Waals surface area contributed by atoms with Crippen molar-refractivity contribution in [1.29, 1.82) is 0 Å². The van der Waals surface area contributed by atoms with E-state index in [1.165, 1.54) is 22.2 Å². The summed E-state index contributed by atoms with van der Waals surface area (Å²) < 4.78 is 0.561. The first kappa shape index (κ1) is 12.3. The van der Waals surface area contributed by atoms with Crippen LogP contribution in [-0.2, 0) is 4.79 Å². The van der Waals surface area contributed by atoms with Crippen molar-refractivity contribution in [2.24, 2.45) is 0 Å². The Morgan fingerprint density at radius 3 is 2.89 bits per heavy atom. The Balaban J connectivity index is 2.16. The van der Waals surface area contributed by atoms with E-state index in [1.54, 1.807) is 0 Å². The van der Waals surface area contributed by atoms with E-state index in [9.17, 15) is 4.79 Å². The molecule has 3 rings (SSSR count). The van der Waals surface area contributed by atoms with Crippen LogP contribution in [0.4, 0.5) is 0 Å². The predicted molar refractivity (Wildman–Crippen MR) is 81.6 cm³/mol. The molecular weight excluding hydrogens is 282 g/mol. The van der Waals surface area contributed by atoms with E-state index in [2.05, 4.69) is 24.4 Å². The van der Waals surface area contributed by atoms with Crippen LogP contribution in [0, 0.1) is 0 Å². The van der Waals surface area contributed by atoms with E-state index in [0.29, 0.717) is 9.57 Å². The number of thioether (sulfide) groups is 2. The van der Waals surface area contributed by atoms with Crippen LogP contribution in [-0.4, -0.2) is 15.5 Å². The molecule has 2 aliphatic rings. The molecule has 1 fully saturated rings. The van der Waals surface area contributed by atoms with Crippen LogP contribution < -0.4 is 5.32 Å². The first-order valence-corrected chi connectivity index (χ1v) is 7.78. The second-order valence-electron chi connectivity index (χ2n) is 4.28. The minimum Gasteiger partial charge on any atom is -0.307 e. The third-order valence-electron chi connectivity index (χ3n) is 2.92. The summed E-state index contributed by atoms with van der Waals surface area (Å²) in [6.45, 7) is 2.19. The maximum atomic E-state index is 11.9. The Kier molecular flexibility index (Phi) is 3.21. The Morgan fingerprint density at radius 1 is 1.39 bits per heavy atom. The Morgan fingerprint density at radius 2 is 2.17 bits per heavy atom. The number of rotatable bonds is 0. The van der Waals surface area contributed by atoms with E-state index in [1.807, 2.05) is 23.9 Å². The highest BCUT2D eigenvalue weighted by Crippen LogP contribution is 2.45. The Labute approximate surface area is 120 Å². The highest BCUT2D eigenvalue weighted by Gasteiger charge is 2.30. The number of fused-ring (bicyclic) bond motifs is 1. The van der Waals surface area contributed by atoms with Gasteiger partial charge in [0.05, 0.1) is 4.91 Å². The van der Waals surface area contributed by atoms with Crippen LogP contribution in [0.25, 0.3) is 5.57 Å². The van der Waals surface area contributed by atoms with E-state index in [4.69, 9.17) is 12.2 Å². The zero-order chi connectivity index (χ0) is 12.7. The number of thiocarbonyl (C=S) groups is 1. The van der Waals surface area contributed by atoms with E-state index in [-0.39, 0.29) is 5.91 Å². The maximum absolute atomic E-state index is 11.9. The quantitative estimate of drug-likeness (QED) is 0.586. The van der Waals surface area contributed by atoms with Crippen molar-refractivity contribution in [3.63, 3.8) is 0 Å². The fourth-order valence-electron chi connectivity index (χ4n) is 2.20. The van der Waals surface area contributed by atoms with Gasteiger partial charge in [-0.2, -0.15) is 0 Å². The monoisotopic (exact) mass is 293 g/mol. The molecule has 2 aliphatic heterocycles. The molecule has 2 nitrogen and oxygen atoms in total. The maximum Gasteiger partial charge on any atom is 0.263 e. The molecule has 0 aromatic heterocycles. The topological polar surface area (TPSA) is 29.1 Å². The molecule has 1 N–H and O–H groups in total. The number of carbonyl (C=O) groups is 1. The molecule has 2 heterocycles. The van der Waals surface area contributed by atoms with Crippen molar-refractivity contribution < 1.29 is 4.79 Å². The zero-order valence-electron chi connectivity index (χ0n) is 9.73. The lowest BCUT2D eigenvalue weighted by molar-refractivity contribution is -0.115. The molecule has 1 amide bonds. The van der Waals surface area contributed by atoms with Crippen LogP contribution in [0.2, 0.25) is 0 Å². The number of benzene rings is 1. The Bertz CT molecular complexity index is 579.